The number of benzene rings is 4. The number of nitrogens with one attached hydrogen (secondary N) is 1. The maximum atomic E-state index is 15.1. The van der Waals surface area contributed by atoms with Gasteiger partial charge in [-0.3, -0.25) is 14.4 Å². The van der Waals surface area contributed by atoms with Crippen LogP contribution in [0.2, 0.25) is 5.02 Å². The van der Waals surface area contributed by atoms with Crippen molar-refractivity contribution < 1.29 is 23.9 Å². The lowest BCUT2D eigenvalue weighted by Gasteiger charge is -2.38. The third-order valence-electron chi connectivity index (χ3n) is 8.93. The van der Waals surface area contributed by atoms with Gasteiger partial charge in [0.2, 0.25) is 5.91 Å². The predicted octanol–water partition coefficient (Wildman–Crippen LogP) is 6.34. The summed E-state index contributed by atoms with van der Waals surface area (Å²) < 4.78 is 11.1. The summed E-state index contributed by atoms with van der Waals surface area (Å²) in [4.78, 5) is 46.4. The lowest BCUT2D eigenvalue weighted by Crippen LogP contribution is -2.49. The first kappa shape index (κ1) is 27.0. The Morgan fingerprint density at radius 2 is 1.60 bits per heavy atom. The first-order valence-electron chi connectivity index (χ1n) is 13.9. The third-order valence-corrected chi connectivity index (χ3v) is 9.26. The van der Waals surface area contributed by atoms with Gasteiger partial charge in [-0.05, 0) is 59.2 Å². The highest BCUT2D eigenvalue weighted by Crippen LogP contribution is 2.62. The number of rotatable bonds is 6. The van der Waals surface area contributed by atoms with Gasteiger partial charge in [0.25, 0.3) is 0 Å². The van der Waals surface area contributed by atoms with E-state index in [0.717, 1.165) is 11.1 Å². The Morgan fingerprint density at radius 3 is 2.40 bits per heavy atom. The minimum Gasteiger partial charge on any atom is -0.497 e. The van der Waals surface area contributed by atoms with E-state index in [0.29, 0.717) is 22.7 Å². The predicted molar refractivity (Wildman–Crippen MR) is 164 cm³/mol. The molecule has 3 aliphatic rings. The van der Waals surface area contributed by atoms with E-state index in [1.54, 1.807) is 42.5 Å². The Bertz CT molecular complexity index is 1850. The molecule has 214 valence electrons. The number of hydrogen-bond acceptors (Lipinski definition) is 6. The van der Waals surface area contributed by atoms with Crippen molar-refractivity contribution in [2.24, 2.45) is 5.92 Å². The molecule has 0 saturated carbocycles. The summed E-state index contributed by atoms with van der Waals surface area (Å²) in [6, 6.07) is 25.2. The Balaban J connectivity index is 1.56. The van der Waals surface area contributed by atoms with Crippen LogP contribution in [0.25, 0.3) is 6.08 Å². The normalized spacial score (nSPS) is 22.9. The summed E-state index contributed by atoms with van der Waals surface area (Å²) in [6.07, 6.45) is 3.75. The molecule has 0 aromatic heterocycles. The molecule has 4 aromatic rings. The number of fused-ring (bicyclic) bond motifs is 6. The van der Waals surface area contributed by atoms with Crippen LogP contribution in [0.5, 0.6) is 11.5 Å². The summed E-state index contributed by atoms with van der Waals surface area (Å²) >= 11 is 6.59. The second-order valence-corrected chi connectivity index (χ2v) is 11.3. The number of carbonyl (C=O) groups is 3. The molecule has 0 aliphatic carbocycles. The van der Waals surface area contributed by atoms with Gasteiger partial charge in [0.05, 0.1) is 36.8 Å². The van der Waals surface area contributed by atoms with Gasteiger partial charge in [0, 0.05) is 17.5 Å². The van der Waals surface area contributed by atoms with Crippen LogP contribution in [0.4, 0.5) is 5.69 Å². The second-order valence-electron chi connectivity index (χ2n) is 10.9. The minimum atomic E-state index is -1.47. The van der Waals surface area contributed by atoms with Crippen molar-refractivity contribution >= 4 is 40.8 Å². The lowest BCUT2D eigenvalue weighted by atomic mass is 9.62. The highest BCUT2D eigenvalue weighted by molar-refractivity contribution is 6.34. The fraction of sp³-hybridized carbons (Fsp3) is 0.171. The monoisotopic (exact) mass is 590 g/mol. The van der Waals surface area contributed by atoms with Crippen molar-refractivity contribution in [1.82, 2.24) is 4.90 Å². The Labute approximate surface area is 253 Å². The zero-order valence-electron chi connectivity index (χ0n) is 23.4. The van der Waals surface area contributed by atoms with Gasteiger partial charge >= 0.3 is 0 Å². The van der Waals surface area contributed by atoms with Gasteiger partial charge in [-0.15, -0.1) is 0 Å². The number of Topliss-reactive ketones (excluding diaryl/α,β-unsaturated/α-hetero) is 2. The zero-order chi connectivity index (χ0) is 29.9. The van der Waals surface area contributed by atoms with Crippen molar-refractivity contribution in [3.63, 3.8) is 0 Å². The molecule has 7 rings (SSSR count). The fourth-order valence-electron chi connectivity index (χ4n) is 7.16. The van der Waals surface area contributed by atoms with Crippen LogP contribution in [0.15, 0.2) is 97.2 Å². The molecule has 0 unspecified atom stereocenters. The highest BCUT2D eigenvalue weighted by atomic mass is 35.5. The summed E-state index contributed by atoms with van der Waals surface area (Å²) in [5, 5.41) is 3.33. The fourth-order valence-corrected chi connectivity index (χ4v) is 7.39. The largest absolute Gasteiger partial charge is 0.497 e. The van der Waals surface area contributed by atoms with Gasteiger partial charge < -0.3 is 19.7 Å². The Kier molecular flexibility index (Phi) is 6.36. The summed E-state index contributed by atoms with van der Waals surface area (Å²) in [6.45, 7) is 0. The number of halogens is 1. The van der Waals surface area contributed by atoms with E-state index in [4.69, 9.17) is 21.1 Å². The number of carbonyl (C=O) groups excluding carboxylic acids is 3. The highest BCUT2D eigenvalue weighted by Gasteiger charge is 2.71. The van der Waals surface area contributed by atoms with E-state index in [-0.39, 0.29) is 27.8 Å². The van der Waals surface area contributed by atoms with Crippen LogP contribution >= 0.6 is 11.6 Å². The molecule has 1 fully saturated rings. The van der Waals surface area contributed by atoms with E-state index in [1.807, 2.05) is 65.7 Å². The smallest absolute Gasteiger partial charge is 0.238 e. The van der Waals surface area contributed by atoms with E-state index >= 15 is 4.79 Å². The molecule has 7 nitrogen and oxygen atoms in total. The van der Waals surface area contributed by atoms with Gasteiger partial charge in [-0.1, -0.05) is 66.2 Å². The molecule has 1 saturated heterocycles. The second kappa shape index (κ2) is 10.1. The summed E-state index contributed by atoms with van der Waals surface area (Å²) in [5.74, 6) is -1.51. The zero-order valence-corrected chi connectivity index (χ0v) is 24.2. The van der Waals surface area contributed by atoms with Crippen molar-refractivity contribution in [2.45, 2.75) is 17.5 Å². The van der Waals surface area contributed by atoms with Gasteiger partial charge in [0.15, 0.2) is 11.6 Å². The molecular formula is C35H27ClN2O5. The van der Waals surface area contributed by atoms with E-state index in [1.165, 1.54) is 14.2 Å². The van der Waals surface area contributed by atoms with Gasteiger partial charge in [0.1, 0.15) is 23.0 Å². The number of methoxy groups -OCH3 is 2. The minimum absolute atomic E-state index is 0.220. The van der Waals surface area contributed by atoms with Crippen LogP contribution in [0.1, 0.15) is 43.4 Å². The molecule has 43 heavy (non-hydrogen) atoms. The van der Waals surface area contributed by atoms with Crippen LogP contribution in [0.3, 0.4) is 0 Å². The molecule has 1 N–H and O–H groups in total. The Hall–Kier alpha value is -4.88. The molecule has 8 heteroatoms. The lowest BCUT2D eigenvalue weighted by molar-refractivity contribution is -0.122. The van der Waals surface area contributed by atoms with Crippen LogP contribution in [0, 0.1) is 5.92 Å². The molecule has 3 heterocycles. The molecule has 4 aromatic carbocycles. The first-order chi connectivity index (χ1) is 20.9. The van der Waals surface area contributed by atoms with Crippen molar-refractivity contribution in [3.05, 3.63) is 130 Å². The molecule has 1 spiro atoms. The quantitative estimate of drug-likeness (QED) is 0.264. The third kappa shape index (κ3) is 3.78. The number of hydrogen-bond donors (Lipinski definition) is 1. The van der Waals surface area contributed by atoms with Crippen molar-refractivity contribution in [1.29, 1.82) is 0 Å². The average Bonchev–Trinajstić information content (AvgIpc) is 3.52. The standard InChI is InChI=1S/C35H27ClN2O5/c1-42-21-15-16-28(43-2)24(19-21)31(39)29-30(32(40)23-11-5-7-13-26(23)36)38-18-17-20-9-3-4-10-22(20)33(38)35(29)25-12-6-8-14-27(25)37-34(35)41/h3-19,29-30,33H,1-2H3,(H,37,41)/t29-,30-,33+,35+/m0/s1. The molecule has 4 atom stereocenters. The summed E-state index contributed by atoms with van der Waals surface area (Å²) in [7, 11) is 2.99. The maximum absolute atomic E-state index is 15.1. The van der Waals surface area contributed by atoms with Crippen molar-refractivity contribution in [2.75, 3.05) is 19.5 Å². The number of nitrogens with zero attached hydrogens (tertiary/aromatic N) is 1. The molecule has 0 bridgehead atoms. The first-order valence-corrected chi connectivity index (χ1v) is 14.3. The van der Waals surface area contributed by atoms with E-state index < -0.39 is 29.2 Å². The topological polar surface area (TPSA) is 84.9 Å². The molecular weight excluding hydrogens is 564 g/mol. The van der Waals surface area contributed by atoms with E-state index in [9.17, 15) is 9.59 Å². The SMILES string of the molecule is COc1ccc(OC)c(C(=O)[C@@H]2[C@@H](C(=O)c3ccccc3Cl)N3C=Cc4ccccc4[C@@H]3[C@]23C(=O)Nc2ccccc23)c1. The molecule has 3 aliphatic heterocycles. The number of ether oxygens (including phenoxy) is 2. The maximum Gasteiger partial charge on any atom is 0.238 e. The number of amides is 1. The summed E-state index contributed by atoms with van der Waals surface area (Å²) in [5.41, 5.74) is 2.06. The molecule has 1 amide bonds. The van der Waals surface area contributed by atoms with Crippen molar-refractivity contribution in [3.8, 4) is 11.5 Å². The average molecular weight is 591 g/mol. The van der Waals surface area contributed by atoms with Gasteiger partial charge in [-0.2, -0.15) is 0 Å². The van der Waals surface area contributed by atoms with Gasteiger partial charge in [-0.25, -0.2) is 0 Å². The molecule has 0 radical (unpaired) electrons. The van der Waals surface area contributed by atoms with Crippen LogP contribution in [-0.4, -0.2) is 42.6 Å². The van der Waals surface area contributed by atoms with E-state index in [2.05, 4.69) is 5.32 Å². The number of ketones is 2. The number of para-hydroxylation sites is 1. The van der Waals surface area contributed by atoms with Crippen LogP contribution < -0.4 is 14.8 Å². The van der Waals surface area contributed by atoms with Crippen LogP contribution in [-0.2, 0) is 10.2 Å². The Morgan fingerprint density at radius 1 is 0.860 bits per heavy atom. The number of anilines is 1.